The predicted octanol–water partition coefficient (Wildman–Crippen LogP) is 6.33. The van der Waals surface area contributed by atoms with E-state index in [-0.39, 0.29) is 0 Å². The van der Waals surface area contributed by atoms with Crippen LogP contribution >= 0.6 is 0 Å². The first-order chi connectivity index (χ1) is 17.7. The highest BCUT2D eigenvalue weighted by molar-refractivity contribution is 5.92. The molecule has 1 amide bonds. The zero-order valence-electron chi connectivity index (χ0n) is 23.0. The summed E-state index contributed by atoms with van der Waals surface area (Å²) in [7, 11) is 0. The Bertz CT molecular complexity index is 1340. The largest absolute Gasteiger partial charge is 0.463 e. The Labute approximate surface area is 222 Å². The summed E-state index contributed by atoms with van der Waals surface area (Å²) in [4.78, 5) is 41.7. The monoisotopic (exact) mass is 521 g/mol. The number of benzene rings is 2. The molecule has 2 aromatic carbocycles. The number of fused-ring (bicyclic) bond motifs is 1. The van der Waals surface area contributed by atoms with Gasteiger partial charge in [-0.15, -0.1) is 0 Å². The van der Waals surface area contributed by atoms with E-state index in [2.05, 4.69) is 5.32 Å². The number of aromatic nitrogens is 2. The van der Waals surface area contributed by atoms with E-state index in [9.17, 15) is 14.4 Å². The van der Waals surface area contributed by atoms with Crippen LogP contribution in [0, 0.1) is 0 Å². The van der Waals surface area contributed by atoms with Gasteiger partial charge in [0.1, 0.15) is 17.0 Å². The molecule has 0 bridgehead atoms. The molecule has 0 radical (unpaired) electrons. The lowest BCUT2D eigenvalue weighted by Crippen LogP contribution is -2.28. The summed E-state index contributed by atoms with van der Waals surface area (Å²) in [6.07, 6.45) is 2.28. The number of nitrogens with one attached hydrogen (secondary N) is 1. The first kappa shape index (κ1) is 28.4. The van der Waals surface area contributed by atoms with Crippen molar-refractivity contribution in [3.05, 3.63) is 65.5 Å². The average Bonchev–Trinajstić information content (AvgIpc) is 3.13. The van der Waals surface area contributed by atoms with Crippen LogP contribution in [0.5, 0.6) is 0 Å². The molecule has 0 aliphatic rings. The number of ether oxygens (including phenoxy) is 3. The van der Waals surface area contributed by atoms with Crippen molar-refractivity contribution in [3.63, 3.8) is 0 Å². The minimum Gasteiger partial charge on any atom is -0.463 e. The number of imidazole rings is 1. The van der Waals surface area contributed by atoms with Crippen molar-refractivity contribution in [2.75, 3.05) is 11.9 Å². The Morgan fingerprint density at radius 2 is 1.61 bits per heavy atom. The van der Waals surface area contributed by atoms with Gasteiger partial charge in [0.2, 0.25) is 0 Å². The van der Waals surface area contributed by atoms with Gasteiger partial charge in [-0.05, 0) is 83.9 Å². The van der Waals surface area contributed by atoms with Crippen LogP contribution in [0.15, 0.2) is 48.5 Å². The second kappa shape index (κ2) is 11.5. The summed E-state index contributed by atoms with van der Waals surface area (Å²) in [5, 5.41) is 2.70. The Morgan fingerprint density at radius 1 is 0.947 bits per heavy atom. The molecule has 1 aromatic heterocycles. The normalized spacial score (nSPS) is 12.0. The van der Waals surface area contributed by atoms with Gasteiger partial charge in [0.15, 0.2) is 0 Å². The van der Waals surface area contributed by atoms with Crippen LogP contribution in [0.25, 0.3) is 17.1 Å². The molecule has 1 N–H and O–H groups in total. The van der Waals surface area contributed by atoms with Gasteiger partial charge in [0, 0.05) is 18.2 Å². The van der Waals surface area contributed by atoms with Crippen LogP contribution in [0.3, 0.4) is 0 Å². The Hall–Kier alpha value is -4.14. The molecular weight excluding hydrogens is 486 g/mol. The summed E-state index contributed by atoms with van der Waals surface area (Å²) in [5.41, 5.74) is 1.97. The van der Waals surface area contributed by atoms with E-state index in [0.29, 0.717) is 35.6 Å². The SMILES string of the molecule is CCOC(=O)/C=C/c1ccc(Cc2nc3cc(NC(=O)OC(C)(C)C)ccc3n2C(=O)OC(C)(C)C)cc1. The number of hydrogen-bond donors (Lipinski definition) is 1. The molecule has 0 saturated heterocycles. The molecule has 0 aliphatic heterocycles. The lowest BCUT2D eigenvalue weighted by atomic mass is 10.1. The highest BCUT2D eigenvalue weighted by Crippen LogP contribution is 2.24. The number of anilines is 1. The summed E-state index contributed by atoms with van der Waals surface area (Å²) >= 11 is 0. The molecule has 0 aliphatic carbocycles. The highest BCUT2D eigenvalue weighted by Gasteiger charge is 2.24. The van der Waals surface area contributed by atoms with E-state index in [1.165, 1.54) is 10.6 Å². The Morgan fingerprint density at radius 3 is 2.21 bits per heavy atom. The number of esters is 1. The molecule has 0 spiro atoms. The Balaban J connectivity index is 1.91. The van der Waals surface area contributed by atoms with Crippen molar-refractivity contribution < 1.29 is 28.6 Å². The maximum Gasteiger partial charge on any atom is 0.420 e. The van der Waals surface area contributed by atoms with Gasteiger partial charge < -0.3 is 14.2 Å². The van der Waals surface area contributed by atoms with Gasteiger partial charge in [-0.1, -0.05) is 24.3 Å². The van der Waals surface area contributed by atoms with Gasteiger partial charge in [-0.25, -0.2) is 23.9 Å². The molecule has 1 heterocycles. The first-order valence-corrected chi connectivity index (χ1v) is 12.4. The highest BCUT2D eigenvalue weighted by atomic mass is 16.6. The van der Waals surface area contributed by atoms with Crippen molar-refractivity contribution in [2.24, 2.45) is 0 Å². The fourth-order valence-electron chi connectivity index (χ4n) is 3.54. The van der Waals surface area contributed by atoms with Gasteiger partial charge in [0.25, 0.3) is 0 Å². The minimum atomic E-state index is -0.698. The van der Waals surface area contributed by atoms with Crippen LogP contribution in [-0.4, -0.2) is 45.5 Å². The quantitative estimate of drug-likeness (QED) is 0.229. The topological polar surface area (TPSA) is 109 Å². The second-order valence-electron chi connectivity index (χ2n) is 10.7. The number of carbonyl (C=O) groups is 3. The number of amides is 1. The zero-order valence-corrected chi connectivity index (χ0v) is 23.0. The van der Waals surface area contributed by atoms with E-state index in [1.807, 2.05) is 24.3 Å². The number of carbonyl (C=O) groups excluding carboxylic acids is 3. The number of nitrogens with zero attached hydrogens (tertiary/aromatic N) is 2. The predicted molar refractivity (Wildman–Crippen MR) is 146 cm³/mol. The van der Waals surface area contributed by atoms with Crippen molar-refractivity contribution in [1.29, 1.82) is 0 Å². The van der Waals surface area contributed by atoms with Crippen LogP contribution < -0.4 is 5.32 Å². The van der Waals surface area contributed by atoms with Crippen molar-refractivity contribution >= 4 is 41.0 Å². The summed E-state index contributed by atoms with van der Waals surface area (Å²) < 4.78 is 17.3. The lowest BCUT2D eigenvalue weighted by Gasteiger charge is -2.20. The molecule has 9 heteroatoms. The van der Waals surface area contributed by atoms with Gasteiger partial charge in [-0.3, -0.25) is 5.32 Å². The van der Waals surface area contributed by atoms with Crippen molar-refractivity contribution in [3.8, 4) is 0 Å². The first-order valence-electron chi connectivity index (χ1n) is 12.4. The van der Waals surface area contributed by atoms with Crippen LogP contribution in [0.4, 0.5) is 15.3 Å². The fraction of sp³-hybridized carbons (Fsp3) is 0.379. The zero-order chi connectivity index (χ0) is 28.1. The lowest BCUT2D eigenvalue weighted by molar-refractivity contribution is -0.137. The van der Waals surface area contributed by atoms with E-state index < -0.39 is 29.4 Å². The summed E-state index contributed by atoms with van der Waals surface area (Å²) in [6, 6.07) is 12.6. The molecule has 9 nitrogen and oxygen atoms in total. The second-order valence-corrected chi connectivity index (χ2v) is 10.7. The molecule has 0 unspecified atom stereocenters. The maximum atomic E-state index is 13.2. The van der Waals surface area contributed by atoms with Crippen LogP contribution in [0.1, 0.15) is 65.4 Å². The third-order valence-electron chi connectivity index (χ3n) is 4.99. The van der Waals surface area contributed by atoms with Gasteiger partial charge >= 0.3 is 18.2 Å². The Kier molecular flexibility index (Phi) is 8.60. The van der Waals surface area contributed by atoms with E-state index in [4.69, 9.17) is 19.2 Å². The molecule has 3 rings (SSSR count). The number of hydrogen-bond acceptors (Lipinski definition) is 7. The number of rotatable bonds is 6. The minimum absolute atomic E-state index is 0.319. The smallest absolute Gasteiger partial charge is 0.420 e. The summed E-state index contributed by atoms with van der Waals surface area (Å²) in [5.74, 6) is 0.0849. The van der Waals surface area contributed by atoms with E-state index >= 15 is 0 Å². The van der Waals surface area contributed by atoms with E-state index in [0.717, 1.165) is 11.1 Å². The molecule has 0 saturated carbocycles. The third kappa shape index (κ3) is 8.19. The molecule has 3 aromatic rings. The molecule has 0 atom stereocenters. The molecule has 38 heavy (non-hydrogen) atoms. The molecular formula is C29H35N3O6. The van der Waals surface area contributed by atoms with Crippen molar-refractivity contribution in [1.82, 2.24) is 9.55 Å². The van der Waals surface area contributed by atoms with Gasteiger partial charge in [0.05, 0.1) is 17.6 Å². The molecule has 0 fully saturated rings. The van der Waals surface area contributed by atoms with Crippen molar-refractivity contribution in [2.45, 2.75) is 66.1 Å². The van der Waals surface area contributed by atoms with Gasteiger partial charge in [-0.2, -0.15) is 0 Å². The third-order valence-corrected chi connectivity index (χ3v) is 4.99. The van der Waals surface area contributed by atoms with Crippen LogP contribution in [0.2, 0.25) is 0 Å². The average molecular weight is 522 g/mol. The fourth-order valence-corrected chi connectivity index (χ4v) is 3.54. The van der Waals surface area contributed by atoms with Crippen LogP contribution in [-0.2, 0) is 25.4 Å². The van der Waals surface area contributed by atoms with E-state index in [1.54, 1.807) is 72.7 Å². The molecule has 202 valence electrons. The standard InChI is InChI=1S/C29H35N3O6/c1-8-36-25(33)16-13-19-9-11-20(12-10-19)17-24-31-22-18-21(30-26(34)37-28(2,3)4)14-15-23(22)32(24)27(35)38-29(5,6)7/h9-16,18H,8,17H2,1-7H3,(H,30,34)/b16-13+. The maximum absolute atomic E-state index is 13.2. The summed E-state index contributed by atoms with van der Waals surface area (Å²) in [6.45, 7) is 12.8.